The molecule has 0 rings (SSSR count). The SMILES string of the molecule is CC(C)CN(CC(C)C)C(=O)NC[NH+](CC(C)C)CC(C)C. The Kier molecular flexibility index (Phi) is 10.5. The predicted octanol–water partition coefficient (Wildman–Crippen LogP) is 2.46. The summed E-state index contributed by atoms with van der Waals surface area (Å²) in [5, 5.41) is 3.15. The lowest BCUT2D eigenvalue weighted by Gasteiger charge is -2.28. The molecular formula is C18H40N3O+. The largest absolute Gasteiger partial charge is 0.324 e. The summed E-state index contributed by atoms with van der Waals surface area (Å²) < 4.78 is 0. The first-order chi connectivity index (χ1) is 10.1. The van der Waals surface area contributed by atoms with E-state index in [1.165, 1.54) is 4.90 Å². The monoisotopic (exact) mass is 314 g/mol. The summed E-state index contributed by atoms with van der Waals surface area (Å²) in [7, 11) is 0. The third-order valence-corrected chi connectivity index (χ3v) is 3.34. The highest BCUT2D eigenvalue weighted by Gasteiger charge is 2.19. The summed E-state index contributed by atoms with van der Waals surface area (Å²) in [5.74, 6) is 2.29. The zero-order valence-corrected chi connectivity index (χ0v) is 16.2. The topological polar surface area (TPSA) is 36.8 Å². The molecule has 0 aromatic carbocycles. The van der Waals surface area contributed by atoms with Gasteiger partial charge in [0.25, 0.3) is 0 Å². The molecule has 2 N–H and O–H groups in total. The molecule has 0 aliphatic rings. The Morgan fingerprint density at radius 1 is 0.818 bits per heavy atom. The molecule has 0 atom stereocenters. The van der Waals surface area contributed by atoms with Crippen LogP contribution in [0.2, 0.25) is 0 Å². The number of nitrogens with zero attached hydrogens (tertiary/aromatic N) is 1. The first-order valence-electron chi connectivity index (χ1n) is 8.98. The fraction of sp³-hybridized carbons (Fsp3) is 0.944. The number of carbonyl (C=O) groups is 1. The van der Waals surface area contributed by atoms with E-state index in [2.05, 4.69) is 60.7 Å². The minimum absolute atomic E-state index is 0.0902. The van der Waals surface area contributed by atoms with Crippen LogP contribution in [-0.2, 0) is 0 Å². The number of nitrogens with one attached hydrogen (secondary N) is 2. The van der Waals surface area contributed by atoms with Crippen molar-refractivity contribution in [2.45, 2.75) is 55.4 Å². The molecule has 0 saturated heterocycles. The molecule has 0 unspecified atom stereocenters. The normalized spacial score (nSPS) is 12.0. The Bertz CT molecular complexity index is 281. The zero-order valence-electron chi connectivity index (χ0n) is 16.2. The van der Waals surface area contributed by atoms with Crippen molar-refractivity contribution in [3.05, 3.63) is 0 Å². The Morgan fingerprint density at radius 2 is 1.23 bits per heavy atom. The summed E-state index contributed by atoms with van der Waals surface area (Å²) in [5.41, 5.74) is 0. The van der Waals surface area contributed by atoms with Gasteiger partial charge in [0, 0.05) is 24.9 Å². The highest BCUT2D eigenvalue weighted by molar-refractivity contribution is 5.73. The minimum atomic E-state index is 0.0902. The first-order valence-corrected chi connectivity index (χ1v) is 8.98. The fourth-order valence-corrected chi connectivity index (χ4v) is 2.82. The van der Waals surface area contributed by atoms with Gasteiger partial charge in [-0.25, -0.2) is 4.79 Å². The molecule has 0 aliphatic carbocycles. The average molecular weight is 315 g/mol. The van der Waals surface area contributed by atoms with Crippen LogP contribution in [0.25, 0.3) is 0 Å². The molecule has 0 heterocycles. The van der Waals surface area contributed by atoms with Gasteiger partial charge in [0.05, 0.1) is 13.1 Å². The maximum Gasteiger partial charge on any atom is 0.321 e. The summed E-state index contributed by atoms with van der Waals surface area (Å²) in [6.07, 6.45) is 0. The van der Waals surface area contributed by atoms with E-state index in [1.54, 1.807) is 0 Å². The van der Waals surface area contributed by atoms with Crippen molar-refractivity contribution in [2.75, 3.05) is 32.8 Å². The van der Waals surface area contributed by atoms with Crippen LogP contribution in [0, 0.1) is 23.7 Å². The molecule has 4 nitrogen and oxygen atoms in total. The van der Waals surface area contributed by atoms with Crippen LogP contribution in [0.15, 0.2) is 0 Å². The van der Waals surface area contributed by atoms with Crippen molar-refractivity contribution in [3.8, 4) is 0 Å². The van der Waals surface area contributed by atoms with Crippen LogP contribution < -0.4 is 10.2 Å². The van der Waals surface area contributed by atoms with E-state index in [0.29, 0.717) is 23.7 Å². The van der Waals surface area contributed by atoms with Gasteiger partial charge in [-0.3, -0.25) is 5.32 Å². The van der Waals surface area contributed by atoms with Crippen LogP contribution in [0.4, 0.5) is 4.79 Å². The highest BCUT2D eigenvalue weighted by Crippen LogP contribution is 2.03. The van der Waals surface area contributed by atoms with Gasteiger partial charge in [-0.2, -0.15) is 0 Å². The van der Waals surface area contributed by atoms with E-state index >= 15 is 0 Å². The Balaban J connectivity index is 4.53. The van der Waals surface area contributed by atoms with Crippen molar-refractivity contribution >= 4 is 6.03 Å². The van der Waals surface area contributed by atoms with E-state index in [-0.39, 0.29) is 6.03 Å². The molecule has 0 bridgehead atoms. The number of quaternary nitrogens is 1. The molecule has 132 valence electrons. The van der Waals surface area contributed by atoms with Crippen LogP contribution >= 0.6 is 0 Å². The van der Waals surface area contributed by atoms with Gasteiger partial charge >= 0.3 is 6.03 Å². The van der Waals surface area contributed by atoms with Gasteiger partial charge in [-0.15, -0.1) is 0 Å². The maximum absolute atomic E-state index is 12.5. The summed E-state index contributed by atoms with van der Waals surface area (Å²) >= 11 is 0. The molecule has 0 aromatic heterocycles. The quantitative estimate of drug-likeness (QED) is 0.597. The molecule has 22 heavy (non-hydrogen) atoms. The van der Waals surface area contributed by atoms with Crippen molar-refractivity contribution in [3.63, 3.8) is 0 Å². The summed E-state index contributed by atoms with van der Waals surface area (Å²) in [6, 6.07) is 0.0902. The molecule has 0 spiro atoms. The second-order valence-corrected chi connectivity index (χ2v) is 8.30. The molecule has 2 amide bonds. The lowest BCUT2D eigenvalue weighted by Crippen LogP contribution is -3.14. The number of amides is 2. The van der Waals surface area contributed by atoms with Gasteiger partial charge in [0.1, 0.15) is 0 Å². The number of urea groups is 1. The Labute approximate surface area is 138 Å². The van der Waals surface area contributed by atoms with Crippen molar-refractivity contribution < 1.29 is 9.69 Å². The molecule has 0 saturated carbocycles. The Morgan fingerprint density at radius 3 is 1.55 bits per heavy atom. The molecular weight excluding hydrogens is 274 g/mol. The highest BCUT2D eigenvalue weighted by atomic mass is 16.2. The van der Waals surface area contributed by atoms with Gasteiger partial charge in [-0.1, -0.05) is 55.4 Å². The third kappa shape index (κ3) is 10.9. The Hall–Kier alpha value is -0.770. The number of hydrogen-bond donors (Lipinski definition) is 2. The fourth-order valence-electron chi connectivity index (χ4n) is 2.82. The van der Waals surface area contributed by atoms with Crippen molar-refractivity contribution in [1.29, 1.82) is 0 Å². The lowest BCUT2D eigenvalue weighted by atomic mass is 10.1. The molecule has 0 aromatic rings. The second-order valence-electron chi connectivity index (χ2n) is 8.30. The molecule has 4 heteroatoms. The summed E-state index contributed by atoms with van der Waals surface area (Å²) in [4.78, 5) is 15.9. The van der Waals surface area contributed by atoms with E-state index in [1.807, 2.05) is 4.90 Å². The standard InChI is InChI=1S/C18H39N3O/c1-14(2)9-20(10-15(3)4)13-19-18(22)21(11-16(5)6)12-17(7)8/h14-17H,9-13H2,1-8H3,(H,19,22)/p+1. The van der Waals surface area contributed by atoms with Gasteiger partial charge in [0.2, 0.25) is 0 Å². The van der Waals surface area contributed by atoms with E-state index < -0.39 is 0 Å². The second kappa shape index (κ2) is 10.9. The number of carbonyl (C=O) groups excluding carboxylic acids is 1. The molecule has 0 radical (unpaired) electrons. The van der Waals surface area contributed by atoms with Crippen LogP contribution in [0.5, 0.6) is 0 Å². The van der Waals surface area contributed by atoms with Crippen molar-refractivity contribution in [2.24, 2.45) is 23.7 Å². The first kappa shape index (κ1) is 21.2. The minimum Gasteiger partial charge on any atom is -0.324 e. The molecule has 0 fully saturated rings. The maximum atomic E-state index is 12.5. The van der Waals surface area contributed by atoms with Gasteiger partial charge in [-0.05, 0) is 11.8 Å². The zero-order chi connectivity index (χ0) is 17.3. The summed E-state index contributed by atoms with van der Waals surface area (Å²) in [6.45, 7) is 22.2. The van der Waals surface area contributed by atoms with Crippen LogP contribution in [0.1, 0.15) is 55.4 Å². The van der Waals surface area contributed by atoms with Gasteiger partial charge < -0.3 is 9.80 Å². The van der Waals surface area contributed by atoms with Crippen LogP contribution in [-0.4, -0.2) is 43.8 Å². The molecule has 0 aliphatic heterocycles. The van der Waals surface area contributed by atoms with E-state index in [0.717, 1.165) is 32.8 Å². The van der Waals surface area contributed by atoms with E-state index in [4.69, 9.17) is 0 Å². The number of rotatable bonds is 10. The third-order valence-electron chi connectivity index (χ3n) is 3.34. The predicted molar refractivity (Wildman–Crippen MR) is 95.0 cm³/mol. The van der Waals surface area contributed by atoms with Crippen LogP contribution in [0.3, 0.4) is 0 Å². The van der Waals surface area contributed by atoms with Crippen molar-refractivity contribution in [1.82, 2.24) is 10.2 Å². The van der Waals surface area contributed by atoms with Gasteiger partial charge in [0.15, 0.2) is 6.67 Å². The lowest BCUT2D eigenvalue weighted by molar-refractivity contribution is -0.908. The van der Waals surface area contributed by atoms with E-state index in [9.17, 15) is 4.79 Å². The average Bonchev–Trinajstić information content (AvgIpc) is 2.32. The number of hydrogen-bond acceptors (Lipinski definition) is 1. The smallest absolute Gasteiger partial charge is 0.321 e.